The highest BCUT2D eigenvalue weighted by atomic mass is 32.2. The summed E-state index contributed by atoms with van der Waals surface area (Å²) in [4.78, 5) is 0. The highest BCUT2D eigenvalue weighted by Gasteiger charge is 2.11. The van der Waals surface area contributed by atoms with Gasteiger partial charge in [0.15, 0.2) is 5.75 Å². The molecule has 2 N–H and O–H groups in total. The first-order valence-electron chi connectivity index (χ1n) is 3.93. The van der Waals surface area contributed by atoms with Crippen molar-refractivity contribution in [2.75, 3.05) is 11.5 Å². The largest absolute Gasteiger partial charge is 0.396 e. The van der Waals surface area contributed by atoms with Crippen LogP contribution in [0.4, 0.5) is 5.69 Å². The summed E-state index contributed by atoms with van der Waals surface area (Å²) >= 11 is 0. The minimum absolute atomic E-state index is 0.148. The van der Waals surface area contributed by atoms with Gasteiger partial charge in [-0.1, -0.05) is 18.2 Å². The summed E-state index contributed by atoms with van der Waals surface area (Å²) < 4.78 is 27.2. The highest BCUT2D eigenvalue weighted by Crippen LogP contribution is 2.21. The van der Waals surface area contributed by atoms with E-state index < -0.39 is 10.1 Å². The van der Waals surface area contributed by atoms with E-state index in [-0.39, 0.29) is 11.5 Å². The zero-order valence-corrected chi connectivity index (χ0v) is 8.33. The Bertz CT molecular complexity index is 425. The van der Waals surface area contributed by atoms with Gasteiger partial charge in [-0.05, 0) is 12.1 Å². The fourth-order valence-electron chi connectivity index (χ4n) is 0.872. The third-order valence-electron chi connectivity index (χ3n) is 1.46. The van der Waals surface area contributed by atoms with Crippen molar-refractivity contribution in [3.8, 4) is 5.75 Å². The fourth-order valence-corrected chi connectivity index (χ4v) is 1.65. The number of nitrogens with two attached hydrogens (primary N) is 1. The zero-order valence-electron chi connectivity index (χ0n) is 7.51. The Hall–Kier alpha value is -1.49. The second-order valence-corrected chi connectivity index (χ2v) is 4.25. The maximum absolute atomic E-state index is 11.2. The molecule has 1 aromatic rings. The standard InChI is InChI=1S/C9H11NO3S/c1-2-7-14(11,12)13-9-6-4-3-5-8(9)10/h2-6H,1,7,10H2. The first-order valence-corrected chi connectivity index (χ1v) is 5.50. The molecule has 0 bridgehead atoms. The van der Waals surface area contributed by atoms with Crippen LogP contribution in [0, 0.1) is 0 Å². The van der Waals surface area contributed by atoms with Crippen LogP contribution in [-0.4, -0.2) is 14.2 Å². The van der Waals surface area contributed by atoms with E-state index in [1.165, 1.54) is 12.1 Å². The lowest BCUT2D eigenvalue weighted by molar-refractivity contribution is 0.490. The van der Waals surface area contributed by atoms with Crippen LogP contribution in [-0.2, 0) is 10.1 Å². The van der Waals surface area contributed by atoms with Crippen LogP contribution in [0.15, 0.2) is 36.9 Å². The van der Waals surface area contributed by atoms with Crippen LogP contribution in [0.2, 0.25) is 0 Å². The second-order valence-electron chi connectivity index (χ2n) is 2.63. The van der Waals surface area contributed by atoms with E-state index in [0.29, 0.717) is 5.69 Å². The van der Waals surface area contributed by atoms with Crippen molar-refractivity contribution in [1.82, 2.24) is 0 Å². The zero-order chi connectivity index (χ0) is 10.6. The van der Waals surface area contributed by atoms with Crippen molar-refractivity contribution >= 4 is 15.8 Å². The molecule has 0 spiro atoms. The predicted molar refractivity (Wildman–Crippen MR) is 55.5 cm³/mol. The number of nitrogen functional groups attached to an aromatic ring is 1. The lowest BCUT2D eigenvalue weighted by atomic mass is 10.3. The summed E-state index contributed by atoms with van der Waals surface area (Å²) in [6.07, 6.45) is 1.26. The molecule has 4 nitrogen and oxygen atoms in total. The third kappa shape index (κ3) is 2.77. The predicted octanol–water partition coefficient (Wildman–Crippen LogP) is 1.16. The summed E-state index contributed by atoms with van der Waals surface area (Å²) in [7, 11) is -3.61. The molecule has 0 heterocycles. The van der Waals surface area contributed by atoms with E-state index in [2.05, 4.69) is 6.58 Å². The van der Waals surface area contributed by atoms with Crippen LogP contribution in [0.3, 0.4) is 0 Å². The molecule has 0 unspecified atom stereocenters. The van der Waals surface area contributed by atoms with Crippen molar-refractivity contribution in [1.29, 1.82) is 0 Å². The average Bonchev–Trinajstić information content (AvgIpc) is 2.08. The summed E-state index contributed by atoms with van der Waals surface area (Å²) in [6.45, 7) is 3.32. The lowest BCUT2D eigenvalue weighted by Gasteiger charge is -2.06. The molecule has 0 aliphatic rings. The van der Waals surface area contributed by atoms with Crippen LogP contribution in [0.25, 0.3) is 0 Å². The highest BCUT2D eigenvalue weighted by molar-refractivity contribution is 7.87. The van der Waals surface area contributed by atoms with Crippen molar-refractivity contribution in [2.45, 2.75) is 0 Å². The maximum Gasteiger partial charge on any atom is 0.312 e. The summed E-state index contributed by atoms with van der Waals surface area (Å²) in [5, 5.41) is 0. The molecule has 1 aromatic carbocycles. The van der Waals surface area contributed by atoms with Crippen LogP contribution >= 0.6 is 0 Å². The molecular formula is C9H11NO3S. The van der Waals surface area contributed by atoms with Gasteiger partial charge in [0.05, 0.1) is 5.69 Å². The van der Waals surface area contributed by atoms with Crippen LogP contribution in [0.1, 0.15) is 0 Å². The van der Waals surface area contributed by atoms with Gasteiger partial charge in [-0.2, -0.15) is 8.42 Å². The lowest BCUT2D eigenvalue weighted by Crippen LogP contribution is -2.12. The molecule has 0 aliphatic heterocycles. The van der Waals surface area contributed by atoms with Gasteiger partial charge in [-0.15, -0.1) is 6.58 Å². The number of rotatable bonds is 4. The summed E-state index contributed by atoms with van der Waals surface area (Å²) in [5.74, 6) is -0.0872. The number of hydrogen-bond donors (Lipinski definition) is 1. The van der Waals surface area contributed by atoms with E-state index in [1.54, 1.807) is 18.2 Å². The molecule has 0 aliphatic carbocycles. The Morgan fingerprint density at radius 2 is 2.07 bits per heavy atom. The Labute approximate surface area is 83.1 Å². The van der Waals surface area contributed by atoms with E-state index in [4.69, 9.17) is 9.92 Å². The summed E-state index contributed by atoms with van der Waals surface area (Å²) in [6, 6.07) is 6.41. The molecule has 0 radical (unpaired) electrons. The number of anilines is 1. The minimum Gasteiger partial charge on any atom is -0.396 e. The quantitative estimate of drug-likeness (QED) is 0.463. The number of hydrogen-bond acceptors (Lipinski definition) is 4. The van der Waals surface area contributed by atoms with Gasteiger partial charge in [-0.25, -0.2) is 0 Å². The summed E-state index contributed by atoms with van der Waals surface area (Å²) in [5.41, 5.74) is 5.80. The minimum atomic E-state index is -3.61. The maximum atomic E-state index is 11.2. The molecule has 0 amide bonds. The van der Waals surface area contributed by atoms with Crippen LogP contribution in [0.5, 0.6) is 5.75 Å². The van der Waals surface area contributed by atoms with Gasteiger partial charge in [0.25, 0.3) is 0 Å². The van der Waals surface area contributed by atoms with Gasteiger partial charge in [0, 0.05) is 0 Å². The molecule has 5 heteroatoms. The first kappa shape index (κ1) is 10.6. The first-order chi connectivity index (χ1) is 6.55. The van der Waals surface area contributed by atoms with Crippen LogP contribution < -0.4 is 9.92 Å². The van der Waals surface area contributed by atoms with Gasteiger partial charge in [0.2, 0.25) is 0 Å². The van der Waals surface area contributed by atoms with Crippen molar-refractivity contribution in [3.05, 3.63) is 36.9 Å². The van der Waals surface area contributed by atoms with Gasteiger partial charge < -0.3 is 9.92 Å². The number of para-hydroxylation sites is 2. The third-order valence-corrected chi connectivity index (χ3v) is 2.54. The molecule has 0 saturated carbocycles. The molecule has 0 atom stereocenters. The Balaban J connectivity index is 2.89. The van der Waals surface area contributed by atoms with Gasteiger partial charge >= 0.3 is 10.1 Å². The normalized spacial score (nSPS) is 10.9. The Morgan fingerprint density at radius 3 is 2.64 bits per heavy atom. The molecular weight excluding hydrogens is 202 g/mol. The fraction of sp³-hybridized carbons (Fsp3) is 0.111. The molecule has 0 aromatic heterocycles. The molecule has 1 rings (SSSR count). The van der Waals surface area contributed by atoms with Crippen molar-refractivity contribution < 1.29 is 12.6 Å². The second kappa shape index (κ2) is 4.15. The molecule has 76 valence electrons. The van der Waals surface area contributed by atoms with E-state index in [9.17, 15) is 8.42 Å². The Morgan fingerprint density at radius 1 is 1.43 bits per heavy atom. The van der Waals surface area contributed by atoms with E-state index >= 15 is 0 Å². The number of benzene rings is 1. The van der Waals surface area contributed by atoms with E-state index in [0.717, 1.165) is 0 Å². The van der Waals surface area contributed by atoms with Crippen molar-refractivity contribution in [3.63, 3.8) is 0 Å². The molecule has 0 saturated heterocycles. The van der Waals surface area contributed by atoms with Gasteiger partial charge in [0.1, 0.15) is 5.75 Å². The van der Waals surface area contributed by atoms with E-state index in [1.807, 2.05) is 0 Å². The average molecular weight is 213 g/mol. The monoisotopic (exact) mass is 213 g/mol. The van der Waals surface area contributed by atoms with Crippen molar-refractivity contribution in [2.24, 2.45) is 0 Å². The topological polar surface area (TPSA) is 69.4 Å². The smallest absolute Gasteiger partial charge is 0.312 e. The van der Waals surface area contributed by atoms with Gasteiger partial charge in [-0.3, -0.25) is 0 Å². The molecule has 14 heavy (non-hydrogen) atoms. The SMILES string of the molecule is C=CCS(=O)(=O)Oc1ccccc1N. The molecule has 0 fully saturated rings. The Kier molecular flexibility index (Phi) is 3.14.